The third kappa shape index (κ3) is 2.23. The number of hydrogen-bond donors (Lipinski definition) is 1. The van der Waals surface area contributed by atoms with Gasteiger partial charge in [0.25, 0.3) is 0 Å². The van der Waals surface area contributed by atoms with Gasteiger partial charge < -0.3 is 5.41 Å². The molecular weight excluding hydrogens is 214 g/mol. The quantitative estimate of drug-likeness (QED) is 0.483. The molecule has 0 spiro atoms. The summed E-state index contributed by atoms with van der Waals surface area (Å²) in [5, 5.41) is 7.13. The van der Waals surface area contributed by atoms with Gasteiger partial charge in [-0.15, -0.1) is 0 Å². The first-order valence-electron chi connectivity index (χ1n) is 5.01. The van der Waals surface area contributed by atoms with Gasteiger partial charge in [0, 0.05) is 6.21 Å². The lowest BCUT2D eigenvalue weighted by Gasteiger charge is -2.04. The van der Waals surface area contributed by atoms with Crippen molar-refractivity contribution in [3.8, 4) is 0 Å². The van der Waals surface area contributed by atoms with Crippen molar-refractivity contribution < 1.29 is 0 Å². The van der Waals surface area contributed by atoms with Crippen LogP contribution in [0.5, 0.6) is 0 Å². The highest BCUT2D eigenvalue weighted by Crippen LogP contribution is 2.11. The standard InChI is InChI=1S/C14H11NS/c15-10-11-6-8-13(9-7-11)14(16)12-4-2-1-3-5-12/h1-10,15H. The molecule has 0 radical (unpaired) electrons. The van der Waals surface area contributed by atoms with Crippen LogP contribution in [0.15, 0.2) is 54.6 Å². The fraction of sp³-hybridized carbons (Fsp3) is 0. The fourth-order valence-electron chi connectivity index (χ4n) is 1.49. The molecule has 2 aromatic rings. The Morgan fingerprint density at radius 3 is 2.00 bits per heavy atom. The molecule has 1 nitrogen and oxygen atoms in total. The Hall–Kier alpha value is -1.80. The second kappa shape index (κ2) is 4.81. The summed E-state index contributed by atoms with van der Waals surface area (Å²) in [5.41, 5.74) is 2.96. The van der Waals surface area contributed by atoms with Gasteiger partial charge in [0.1, 0.15) is 0 Å². The number of hydrogen-bond acceptors (Lipinski definition) is 2. The summed E-state index contributed by atoms with van der Waals surface area (Å²) in [5.74, 6) is 0. The van der Waals surface area contributed by atoms with E-state index in [-0.39, 0.29) is 0 Å². The van der Waals surface area contributed by atoms with Gasteiger partial charge in [-0.2, -0.15) is 0 Å². The lowest BCUT2D eigenvalue weighted by atomic mass is 10.0. The van der Waals surface area contributed by atoms with Crippen LogP contribution < -0.4 is 0 Å². The molecule has 0 heterocycles. The fourth-order valence-corrected chi connectivity index (χ4v) is 1.76. The summed E-state index contributed by atoms with van der Waals surface area (Å²) in [7, 11) is 0. The SMILES string of the molecule is N=Cc1ccc(C(=S)c2ccccc2)cc1. The van der Waals surface area contributed by atoms with Gasteiger partial charge >= 0.3 is 0 Å². The first-order valence-corrected chi connectivity index (χ1v) is 5.42. The van der Waals surface area contributed by atoms with E-state index in [2.05, 4.69) is 0 Å². The van der Waals surface area contributed by atoms with Crippen molar-refractivity contribution in [2.75, 3.05) is 0 Å². The van der Waals surface area contributed by atoms with Crippen molar-refractivity contribution in [2.24, 2.45) is 0 Å². The average Bonchev–Trinajstić information content (AvgIpc) is 2.39. The van der Waals surface area contributed by atoms with Gasteiger partial charge in [0.05, 0.1) is 4.86 Å². The maximum absolute atomic E-state index is 7.13. The normalized spacial score (nSPS) is 9.75. The van der Waals surface area contributed by atoms with Crippen molar-refractivity contribution in [2.45, 2.75) is 0 Å². The van der Waals surface area contributed by atoms with Crippen molar-refractivity contribution in [3.63, 3.8) is 0 Å². The molecule has 0 fully saturated rings. The molecule has 2 heteroatoms. The lowest BCUT2D eigenvalue weighted by molar-refractivity contribution is 1.53. The largest absolute Gasteiger partial charge is 0.308 e. The number of nitrogens with one attached hydrogen (secondary N) is 1. The van der Waals surface area contributed by atoms with E-state index in [1.807, 2.05) is 54.6 Å². The number of thiocarbonyl (C=S) groups is 1. The highest BCUT2D eigenvalue weighted by molar-refractivity contribution is 7.81. The predicted octanol–water partition coefficient (Wildman–Crippen LogP) is 3.45. The van der Waals surface area contributed by atoms with Crippen molar-refractivity contribution in [3.05, 3.63) is 71.3 Å². The minimum absolute atomic E-state index is 0.845. The Kier molecular flexibility index (Phi) is 3.22. The summed E-state index contributed by atoms with van der Waals surface area (Å²) in [6, 6.07) is 17.7. The highest BCUT2D eigenvalue weighted by Gasteiger charge is 2.02. The Morgan fingerprint density at radius 2 is 1.44 bits per heavy atom. The average molecular weight is 225 g/mol. The monoisotopic (exact) mass is 225 g/mol. The highest BCUT2D eigenvalue weighted by atomic mass is 32.1. The number of benzene rings is 2. The summed E-state index contributed by atoms with van der Waals surface area (Å²) >= 11 is 5.41. The molecule has 0 atom stereocenters. The maximum atomic E-state index is 7.13. The molecule has 0 aliphatic carbocycles. The second-order valence-corrected chi connectivity index (χ2v) is 3.87. The molecule has 0 aliphatic rings. The molecule has 0 saturated carbocycles. The molecule has 0 bridgehead atoms. The van der Waals surface area contributed by atoms with Gasteiger partial charge in [-0.1, -0.05) is 66.8 Å². The third-order valence-electron chi connectivity index (χ3n) is 2.38. The molecular formula is C14H11NS. The predicted molar refractivity (Wildman–Crippen MR) is 71.6 cm³/mol. The van der Waals surface area contributed by atoms with E-state index < -0.39 is 0 Å². The van der Waals surface area contributed by atoms with Gasteiger partial charge in [0.2, 0.25) is 0 Å². The van der Waals surface area contributed by atoms with Gasteiger partial charge in [0.15, 0.2) is 0 Å². The van der Waals surface area contributed by atoms with Crippen LogP contribution in [0.1, 0.15) is 16.7 Å². The summed E-state index contributed by atoms with van der Waals surface area (Å²) in [6.45, 7) is 0. The molecule has 0 aliphatic heterocycles. The molecule has 1 N–H and O–H groups in total. The Morgan fingerprint density at radius 1 is 0.875 bits per heavy atom. The van der Waals surface area contributed by atoms with E-state index in [0.29, 0.717) is 0 Å². The van der Waals surface area contributed by atoms with Crippen LogP contribution in [-0.2, 0) is 0 Å². The first-order chi connectivity index (χ1) is 7.81. The molecule has 0 amide bonds. The molecule has 16 heavy (non-hydrogen) atoms. The van der Waals surface area contributed by atoms with E-state index in [0.717, 1.165) is 21.6 Å². The zero-order valence-corrected chi connectivity index (χ0v) is 9.50. The van der Waals surface area contributed by atoms with Crippen LogP contribution in [0.4, 0.5) is 0 Å². The van der Waals surface area contributed by atoms with Gasteiger partial charge in [-0.3, -0.25) is 0 Å². The van der Waals surface area contributed by atoms with E-state index in [4.69, 9.17) is 17.6 Å². The minimum Gasteiger partial charge on any atom is -0.308 e. The third-order valence-corrected chi connectivity index (χ3v) is 2.85. The van der Waals surface area contributed by atoms with Gasteiger partial charge in [-0.05, 0) is 16.7 Å². The van der Waals surface area contributed by atoms with E-state index in [1.165, 1.54) is 6.21 Å². The van der Waals surface area contributed by atoms with Crippen molar-refractivity contribution >= 4 is 23.3 Å². The Balaban J connectivity index is 2.31. The molecule has 2 aromatic carbocycles. The van der Waals surface area contributed by atoms with Crippen LogP contribution >= 0.6 is 12.2 Å². The second-order valence-electron chi connectivity index (χ2n) is 3.46. The van der Waals surface area contributed by atoms with Crippen LogP contribution in [0.2, 0.25) is 0 Å². The zero-order valence-electron chi connectivity index (χ0n) is 8.68. The topological polar surface area (TPSA) is 23.9 Å². The Bertz CT molecular complexity index is 500. The maximum Gasteiger partial charge on any atom is 0.0521 e. The minimum atomic E-state index is 0.845. The Labute approximate surface area is 100 Å². The molecule has 0 unspecified atom stereocenters. The van der Waals surface area contributed by atoms with Gasteiger partial charge in [-0.25, -0.2) is 0 Å². The number of rotatable bonds is 3. The summed E-state index contributed by atoms with van der Waals surface area (Å²) in [4.78, 5) is 0.845. The zero-order chi connectivity index (χ0) is 11.4. The summed E-state index contributed by atoms with van der Waals surface area (Å²) in [6.07, 6.45) is 1.33. The van der Waals surface area contributed by atoms with Crippen LogP contribution in [0, 0.1) is 5.41 Å². The van der Waals surface area contributed by atoms with Crippen molar-refractivity contribution in [1.29, 1.82) is 5.41 Å². The van der Waals surface area contributed by atoms with Crippen LogP contribution in [0.25, 0.3) is 0 Å². The van der Waals surface area contributed by atoms with E-state index >= 15 is 0 Å². The van der Waals surface area contributed by atoms with E-state index in [1.54, 1.807) is 0 Å². The molecule has 0 aromatic heterocycles. The van der Waals surface area contributed by atoms with Crippen LogP contribution in [-0.4, -0.2) is 11.1 Å². The smallest absolute Gasteiger partial charge is 0.0521 e. The van der Waals surface area contributed by atoms with Crippen LogP contribution in [0.3, 0.4) is 0 Å². The van der Waals surface area contributed by atoms with Crippen molar-refractivity contribution in [1.82, 2.24) is 0 Å². The molecule has 2 rings (SSSR count). The summed E-state index contributed by atoms with van der Waals surface area (Å²) < 4.78 is 0. The molecule has 0 saturated heterocycles. The molecule has 78 valence electrons. The van der Waals surface area contributed by atoms with E-state index in [9.17, 15) is 0 Å². The first kappa shape index (κ1) is 10.7. The lowest BCUT2D eigenvalue weighted by Crippen LogP contribution is -1.99.